The van der Waals surface area contributed by atoms with E-state index < -0.39 is 0 Å². The molecule has 2 atom stereocenters. The topological polar surface area (TPSA) is 40.6 Å². The predicted molar refractivity (Wildman–Crippen MR) is 111 cm³/mol. The summed E-state index contributed by atoms with van der Waals surface area (Å²) in [5, 5.41) is 0.760. The third-order valence-corrected chi connectivity index (χ3v) is 7.19. The first-order valence-corrected chi connectivity index (χ1v) is 11.3. The van der Waals surface area contributed by atoms with Crippen molar-refractivity contribution < 1.29 is 9.59 Å². The molecule has 1 aliphatic heterocycles. The van der Waals surface area contributed by atoms with Crippen molar-refractivity contribution in [2.45, 2.75) is 57.3 Å². The third-order valence-electron chi connectivity index (χ3n) is 6.85. The van der Waals surface area contributed by atoms with Gasteiger partial charge in [0.1, 0.15) is 0 Å². The molecular weight excluding hydrogens is 372 g/mol. The van der Waals surface area contributed by atoms with Crippen LogP contribution in [0.3, 0.4) is 0 Å². The van der Waals surface area contributed by atoms with Gasteiger partial charge in [0.2, 0.25) is 11.8 Å². The van der Waals surface area contributed by atoms with Crippen molar-refractivity contribution in [2.24, 2.45) is 11.8 Å². The fraction of sp³-hybridized carbons (Fsp3) is 0.652. The summed E-state index contributed by atoms with van der Waals surface area (Å²) in [6.45, 7) is 2.69. The first kappa shape index (κ1) is 19.8. The number of rotatable bonds is 5. The smallest absolute Gasteiger partial charge is 0.226 e. The molecule has 3 fully saturated rings. The minimum Gasteiger partial charge on any atom is -0.339 e. The van der Waals surface area contributed by atoms with Crippen molar-refractivity contribution >= 4 is 23.4 Å². The van der Waals surface area contributed by atoms with Gasteiger partial charge in [-0.25, -0.2) is 0 Å². The second-order valence-corrected chi connectivity index (χ2v) is 9.13. The average Bonchev–Trinajstić information content (AvgIpc) is 3.53. The van der Waals surface area contributed by atoms with Crippen LogP contribution in [0.2, 0.25) is 5.02 Å². The maximum absolute atomic E-state index is 12.8. The highest BCUT2D eigenvalue weighted by Crippen LogP contribution is 2.50. The Labute approximate surface area is 173 Å². The Morgan fingerprint density at radius 2 is 1.64 bits per heavy atom. The molecule has 5 heteroatoms. The zero-order valence-corrected chi connectivity index (χ0v) is 17.4. The highest BCUT2D eigenvalue weighted by Gasteiger charge is 2.46. The van der Waals surface area contributed by atoms with Gasteiger partial charge in [-0.1, -0.05) is 61.9 Å². The molecule has 0 radical (unpaired) electrons. The molecule has 2 amide bonds. The molecule has 1 aromatic carbocycles. The largest absolute Gasteiger partial charge is 0.339 e. The van der Waals surface area contributed by atoms with E-state index in [2.05, 4.69) is 0 Å². The molecule has 152 valence electrons. The Bertz CT molecular complexity index is 708. The lowest BCUT2D eigenvalue weighted by atomic mass is 9.86. The highest BCUT2D eigenvalue weighted by atomic mass is 35.5. The highest BCUT2D eigenvalue weighted by molar-refractivity contribution is 6.31. The molecule has 1 saturated heterocycles. The summed E-state index contributed by atoms with van der Waals surface area (Å²) in [4.78, 5) is 29.3. The molecular formula is C23H31ClN2O2. The van der Waals surface area contributed by atoms with Crippen molar-refractivity contribution in [2.75, 3.05) is 26.2 Å². The van der Waals surface area contributed by atoms with E-state index in [1.54, 1.807) is 0 Å². The Hall–Kier alpha value is -1.55. The van der Waals surface area contributed by atoms with Crippen LogP contribution in [0.1, 0.15) is 62.8 Å². The lowest BCUT2D eigenvalue weighted by Crippen LogP contribution is -2.51. The fourth-order valence-corrected chi connectivity index (χ4v) is 5.24. The zero-order valence-electron chi connectivity index (χ0n) is 16.6. The molecule has 2 saturated carbocycles. The number of nitrogens with zero attached hydrogens (tertiary/aromatic N) is 2. The number of hydrogen-bond acceptors (Lipinski definition) is 2. The molecule has 0 spiro atoms. The first-order chi connectivity index (χ1) is 13.6. The molecule has 1 heterocycles. The van der Waals surface area contributed by atoms with Gasteiger partial charge in [0.15, 0.2) is 0 Å². The summed E-state index contributed by atoms with van der Waals surface area (Å²) < 4.78 is 0. The number of piperazine rings is 1. The Balaban J connectivity index is 1.21. The van der Waals surface area contributed by atoms with Crippen molar-refractivity contribution in [3.05, 3.63) is 34.9 Å². The van der Waals surface area contributed by atoms with Gasteiger partial charge in [0.05, 0.1) is 0 Å². The minimum absolute atomic E-state index is 0.0634. The Kier molecular flexibility index (Phi) is 6.25. The lowest BCUT2D eigenvalue weighted by Gasteiger charge is -2.35. The minimum atomic E-state index is 0.0634. The van der Waals surface area contributed by atoms with Gasteiger partial charge in [0.25, 0.3) is 0 Å². The predicted octanol–water partition coefficient (Wildman–Crippen LogP) is 4.47. The molecule has 3 aliphatic rings. The lowest BCUT2D eigenvalue weighted by molar-refractivity contribution is -0.140. The molecule has 28 heavy (non-hydrogen) atoms. The van der Waals surface area contributed by atoms with Crippen LogP contribution in [0.25, 0.3) is 0 Å². The number of benzene rings is 1. The SMILES string of the molecule is O=C(CCC1CCCCC1)N1CCN(C(=O)C2CC2c2ccccc2Cl)CC1. The maximum atomic E-state index is 12.8. The molecule has 2 aliphatic carbocycles. The number of amides is 2. The van der Waals surface area contributed by atoms with Crippen LogP contribution in [-0.2, 0) is 9.59 Å². The van der Waals surface area contributed by atoms with Crippen molar-refractivity contribution in [1.29, 1.82) is 0 Å². The molecule has 2 unspecified atom stereocenters. The number of carbonyl (C=O) groups is 2. The van der Waals surface area contributed by atoms with Crippen LogP contribution in [0.5, 0.6) is 0 Å². The molecule has 0 bridgehead atoms. The standard InChI is InChI=1S/C23H31ClN2O2/c24-21-9-5-4-8-18(21)19-16-20(19)23(28)26-14-12-25(13-15-26)22(27)11-10-17-6-2-1-3-7-17/h4-5,8-9,17,19-20H,1-3,6-7,10-16H2. The van der Waals surface area contributed by atoms with E-state index in [9.17, 15) is 9.59 Å². The van der Waals surface area contributed by atoms with Gasteiger partial charge in [0, 0.05) is 43.5 Å². The van der Waals surface area contributed by atoms with E-state index in [0.29, 0.717) is 32.6 Å². The Morgan fingerprint density at radius 1 is 0.964 bits per heavy atom. The van der Waals surface area contributed by atoms with Crippen LogP contribution in [0.4, 0.5) is 0 Å². The fourth-order valence-electron chi connectivity index (χ4n) is 4.96. The van der Waals surface area contributed by atoms with E-state index in [4.69, 9.17) is 11.6 Å². The third kappa shape index (κ3) is 4.53. The maximum Gasteiger partial charge on any atom is 0.226 e. The molecule has 4 nitrogen and oxygen atoms in total. The summed E-state index contributed by atoms with van der Waals surface area (Å²) in [5.74, 6) is 1.58. The van der Waals surface area contributed by atoms with Crippen LogP contribution >= 0.6 is 11.6 Å². The Morgan fingerprint density at radius 3 is 2.36 bits per heavy atom. The van der Waals surface area contributed by atoms with Crippen molar-refractivity contribution in [1.82, 2.24) is 9.80 Å². The summed E-state index contributed by atoms with van der Waals surface area (Å²) >= 11 is 6.29. The first-order valence-electron chi connectivity index (χ1n) is 10.9. The van der Waals surface area contributed by atoms with Gasteiger partial charge >= 0.3 is 0 Å². The molecule has 0 N–H and O–H groups in total. The van der Waals surface area contributed by atoms with Crippen LogP contribution in [0, 0.1) is 11.8 Å². The van der Waals surface area contributed by atoms with Gasteiger partial charge in [-0.3, -0.25) is 9.59 Å². The second kappa shape index (κ2) is 8.86. The van der Waals surface area contributed by atoms with Gasteiger partial charge in [-0.15, -0.1) is 0 Å². The number of halogens is 1. The second-order valence-electron chi connectivity index (χ2n) is 8.72. The average molecular weight is 403 g/mol. The van der Waals surface area contributed by atoms with E-state index in [1.165, 1.54) is 32.1 Å². The summed E-state index contributed by atoms with van der Waals surface area (Å²) in [5.41, 5.74) is 1.10. The monoisotopic (exact) mass is 402 g/mol. The molecule has 0 aromatic heterocycles. The van der Waals surface area contributed by atoms with Crippen LogP contribution in [-0.4, -0.2) is 47.8 Å². The zero-order chi connectivity index (χ0) is 19.5. The van der Waals surface area contributed by atoms with Gasteiger partial charge in [-0.05, 0) is 36.3 Å². The van der Waals surface area contributed by atoms with E-state index in [1.807, 2.05) is 34.1 Å². The van der Waals surface area contributed by atoms with Gasteiger partial charge in [-0.2, -0.15) is 0 Å². The van der Waals surface area contributed by atoms with E-state index >= 15 is 0 Å². The van der Waals surface area contributed by atoms with Crippen LogP contribution in [0.15, 0.2) is 24.3 Å². The molecule has 4 rings (SSSR count). The van der Waals surface area contributed by atoms with E-state index in [-0.39, 0.29) is 23.7 Å². The normalized spacial score (nSPS) is 25.6. The summed E-state index contributed by atoms with van der Waals surface area (Å²) in [7, 11) is 0. The van der Waals surface area contributed by atoms with Gasteiger partial charge < -0.3 is 9.80 Å². The quantitative estimate of drug-likeness (QED) is 0.728. The number of hydrogen-bond donors (Lipinski definition) is 0. The summed E-state index contributed by atoms with van der Waals surface area (Å²) in [6, 6.07) is 7.84. The number of carbonyl (C=O) groups excluding carboxylic acids is 2. The van der Waals surface area contributed by atoms with Crippen molar-refractivity contribution in [3.63, 3.8) is 0 Å². The van der Waals surface area contributed by atoms with E-state index in [0.717, 1.165) is 29.3 Å². The molecule has 1 aromatic rings. The van der Waals surface area contributed by atoms with Crippen LogP contribution < -0.4 is 0 Å². The summed E-state index contributed by atoms with van der Waals surface area (Å²) in [6.07, 6.45) is 9.22. The van der Waals surface area contributed by atoms with Crippen molar-refractivity contribution in [3.8, 4) is 0 Å².